The van der Waals surface area contributed by atoms with Crippen LogP contribution in [0.25, 0.3) is 0 Å². The molecule has 0 aromatic heterocycles. The Morgan fingerprint density at radius 2 is 1.56 bits per heavy atom. The SMILES string of the molecule is O=C(NN=Cc1ccccc1OCc1cccc(Br)c1)c1ccc(NC(=O)c2ccc(F)cc2)cc1. The fourth-order valence-corrected chi connectivity index (χ4v) is 3.69. The van der Waals surface area contributed by atoms with Gasteiger partial charge in [0.25, 0.3) is 11.8 Å². The van der Waals surface area contributed by atoms with E-state index in [2.05, 4.69) is 31.8 Å². The van der Waals surface area contributed by atoms with Crippen molar-refractivity contribution in [1.82, 2.24) is 5.43 Å². The van der Waals surface area contributed by atoms with Crippen molar-refractivity contribution >= 4 is 39.6 Å². The number of ether oxygens (including phenoxy) is 1. The Kier molecular flexibility index (Phi) is 8.20. The first-order valence-electron chi connectivity index (χ1n) is 10.9. The summed E-state index contributed by atoms with van der Waals surface area (Å²) in [6.45, 7) is 0.390. The normalized spacial score (nSPS) is 10.7. The van der Waals surface area contributed by atoms with Gasteiger partial charge in [-0.1, -0.05) is 40.2 Å². The summed E-state index contributed by atoms with van der Waals surface area (Å²) in [7, 11) is 0. The molecular weight excluding hydrogens is 525 g/mol. The minimum absolute atomic E-state index is 0.327. The smallest absolute Gasteiger partial charge is 0.271 e. The number of nitrogens with zero attached hydrogens (tertiary/aromatic N) is 1. The fourth-order valence-electron chi connectivity index (χ4n) is 3.24. The molecule has 4 aromatic carbocycles. The van der Waals surface area contributed by atoms with Crippen molar-refractivity contribution < 1.29 is 18.7 Å². The molecule has 0 unspecified atom stereocenters. The third-order valence-electron chi connectivity index (χ3n) is 5.08. The van der Waals surface area contributed by atoms with E-state index in [1.807, 2.05) is 48.5 Å². The summed E-state index contributed by atoms with van der Waals surface area (Å²) in [6.07, 6.45) is 1.52. The predicted octanol–water partition coefficient (Wildman–Crippen LogP) is 6.18. The number of rotatable bonds is 8. The van der Waals surface area contributed by atoms with Gasteiger partial charge in [-0.05, 0) is 78.4 Å². The number of hydrogen-bond donors (Lipinski definition) is 2. The first-order valence-corrected chi connectivity index (χ1v) is 11.7. The van der Waals surface area contributed by atoms with E-state index < -0.39 is 11.7 Å². The highest BCUT2D eigenvalue weighted by Crippen LogP contribution is 2.19. The largest absolute Gasteiger partial charge is 0.488 e. The van der Waals surface area contributed by atoms with Crippen LogP contribution in [0.1, 0.15) is 31.8 Å². The molecule has 2 N–H and O–H groups in total. The molecule has 0 aliphatic rings. The highest BCUT2D eigenvalue weighted by atomic mass is 79.9. The average molecular weight is 546 g/mol. The van der Waals surface area contributed by atoms with Gasteiger partial charge in [0.2, 0.25) is 0 Å². The number of carbonyl (C=O) groups excluding carboxylic acids is 2. The van der Waals surface area contributed by atoms with Gasteiger partial charge in [0.05, 0.1) is 6.21 Å². The monoisotopic (exact) mass is 545 g/mol. The predicted molar refractivity (Wildman–Crippen MR) is 141 cm³/mol. The zero-order chi connectivity index (χ0) is 25.3. The maximum Gasteiger partial charge on any atom is 0.271 e. The third-order valence-corrected chi connectivity index (χ3v) is 5.58. The molecule has 0 saturated heterocycles. The standard InChI is InChI=1S/C28H21BrFN3O3/c29-23-6-3-4-19(16-23)18-36-26-7-2-1-5-22(26)17-31-33-28(35)21-10-14-25(15-11-21)32-27(34)20-8-12-24(30)13-9-20/h1-17H,18H2,(H,32,34)(H,33,35). The van der Waals surface area contributed by atoms with Crippen LogP contribution in [-0.2, 0) is 6.61 Å². The number of carbonyl (C=O) groups is 2. The summed E-state index contributed by atoms with van der Waals surface area (Å²) in [6, 6.07) is 26.8. The van der Waals surface area contributed by atoms with Crippen LogP contribution in [0, 0.1) is 5.82 Å². The van der Waals surface area contributed by atoms with Crippen LogP contribution in [-0.4, -0.2) is 18.0 Å². The van der Waals surface area contributed by atoms with E-state index in [1.165, 1.54) is 30.5 Å². The van der Waals surface area contributed by atoms with Crippen LogP contribution in [0.5, 0.6) is 5.75 Å². The first-order chi connectivity index (χ1) is 17.5. The van der Waals surface area contributed by atoms with Crippen molar-refractivity contribution in [2.24, 2.45) is 5.10 Å². The van der Waals surface area contributed by atoms with Gasteiger partial charge in [0.15, 0.2) is 0 Å². The summed E-state index contributed by atoms with van der Waals surface area (Å²) in [5, 5.41) is 6.76. The van der Waals surface area contributed by atoms with Gasteiger partial charge in [-0.15, -0.1) is 0 Å². The summed E-state index contributed by atoms with van der Waals surface area (Å²) >= 11 is 3.45. The Morgan fingerprint density at radius 3 is 2.31 bits per heavy atom. The van der Waals surface area contributed by atoms with Gasteiger partial charge in [-0.2, -0.15) is 5.10 Å². The second-order valence-corrected chi connectivity index (χ2v) is 8.61. The van der Waals surface area contributed by atoms with E-state index in [-0.39, 0.29) is 5.91 Å². The summed E-state index contributed by atoms with van der Waals surface area (Å²) < 4.78 is 19.9. The molecule has 0 aliphatic heterocycles. The van der Waals surface area contributed by atoms with Gasteiger partial charge in [-0.25, -0.2) is 9.82 Å². The van der Waals surface area contributed by atoms with Crippen molar-refractivity contribution in [3.05, 3.63) is 130 Å². The fraction of sp³-hybridized carbons (Fsp3) is 0.0357. The lowest BCUT2D eigenvalue weighted by molar-refractivity contribution is 0.0954. The zero-order valence-corrected chi connectivity index (χ0v) is 20.5. The number of hydrazone groups is 1. The summed E-state index contributed by atoms with van der Waals surface area (Å²) in [4.78, 5) is 24.7. The lowest BCUT2D eigenvalue weighted by Crippen LogP contribution is -2.18. The quantitative estimate of drug-likeness (QED) is 0.205. The first kappa shape index (κ1) is 24.8. The molecule has 0 spiro atoms. The van der Waals surface area contributed by atoms with Gasteiger partial charge in [0, 0.05) is 26.9 Å². The van der Waals surface area contributed by atoms with Crippen molar-refractivity contribution in [1.29, 1.82) is 0 Å². The maximum absolute atomic E-state index is 13.0. The number of halogens is 2. The molecule has 8 heteroatoms. The van der Waals surface area contributed by atoms with E-state index in [0.717, 1.165) is 10.0 Å². The van der Waals surface area contributed by atoms with Gasteiger partial charge in [-0.3, -0.25) is 9.59 Å². The topological polar surface area (TPSA) is 79.8 Å². The second-order valence-electron chi connectivity index (χ2n) is 7.69. The lowest BCUT2D eigenvalue weighted by atomic mass is 10.1. The Morgan fingerprint density at radius 1 is 0.861 bits per heavy atom. The molecule has 36 heavy (non-hydrogen) atoms. The van der Waals surface area contributed by atoms with Crippen molar-refractivity contribution in [2.45, 2.75) is 6.61 Å². The molecule has 0 heterocycles. The van der Waals surface area contributed by atoms with Crippen LogP contribution in [0.15, 0.2) is 107 Å². The maximum atomic E-state index is 13.0. The van der Waals surface area contributed by atoms with E-state index in [1.54, 1.807) is 24.3 Å². The molecular formula is C28H21BrFN3O3. The second kappa shape index (κ2) is 11.9. The van der Waals surface area contributed by atoms with Crippen molar-refractivity contribution in [3.63, 3.8) is 0 Å². The zero-order valence-electron chi connectivity index (χ0n) is 18.9. The van der Waals surface area contributed by atoms with Crippen molar-refractivity contribution in [2.75, 3.05) is 5.32 Å². The average Bonchev–Trinajstić information content (AvgIpc) is 2.89. The number of para-hydroxylation sites is 1. The Balaban J connectivity index is 1.33. The van der Waals surface area contributed by atoms with Crippen LogP contribution < -0.4 is 15.5 Å². The molecule has 0 radical (unpaired) electrons. The van der Waals surface area contributed by atoms with Crippen LogP contribution in [0.2, 0.25) is 0 Å². The van der Waals surface area contributed by atoms with Crippen LogP contribution >= 0.6 is 15.9 Å². The highest BCUT2D eigenvalue weighted by molar-refractivity contribution is 9.10. The van der Waals surface area contributed by atoms with E-state index >= 15 is 0 Å². The molecule has 0 bridgehead atoms. The number of benzene rings is 4. The minimum Gasteiger partial charge on any atom is -0.488 e. The summed E-state index contributed by atoms with van der Waals surface area (Å²) in [5.41, 5.74) is 5.42. The molecule has 0 atom stereocenters. The molecule has 4 aromatic rings. The lowest BCUT2D eigenvalue weighted by Gasteiger charge is -2.09. The van der Waals surface area contributed by atoms with Crippen LogP contribution in [0.4, 0.5) is 10.1 Å². The number of amides is 2. The molecule has 6 nitrogen and oxygen atoms in total. The molecule has 0 saturated carbocycles. The molecule has 0 fully saturated rings. The minimum atomic E-state index is -0.416. The van der Waals surface area contributed by atoms with E-state index in [0.29, 0.717) is 34.7 Å². The number of anilines is 1. The Hall–Kier alpha value is -4.30. The van der Waals surface area contributed by atoms with E-state index in [9.17, 15) is 14.0 Å². The van der Waals surface area contributed by atoms with Gasteiger partial charge < -0.3 is 10.1 Å². The Bertz CT molecular complexity index is 1390. The van der Waals surface area contributed by atoms with Crippen LogP contribution in [0.3, 0.4) is 0 Å². The van der Waals surface area contributed by atoms with E-state index in [4.69, 9.17) is 4.74 Å². The molecule has 2 amide bonds. The van der Waals surface area contributed by atoms with Gasteiger partial charge in [0.1, 0.15) is 18.2 Å². The molecule has 4 rings (SSSR count). The number of hydrogen-bond acceptors (Lipinski definition) is 4. The van der Waals surface area contributed by atoms with Gasteiger partial charge >= 0.3 is 0 Å². The third kappa shape index (κ3) is 6.86. The summed E-state index contributed by atoms with van der Waals surface area (Å²) in [5.74, 6) is -0.564. The van der Waals surface area contributed by atoms with Crippen molar-refractivity contribution in [3.8, 4) is 5.75 Å². The number of nitrogens with one attached hydrogen (secondary N) is 2. The molecule has 0 aliphatic carbocycles. The highest BCUT2D eigenvalue weighted by Gasteiger charge is 2.08. The Labute approximate surface area is 215 Å². The molecule has 180 valence electrons.